The lowest BCUT2D eigenvalue weighted by atomic mass is 9.99. The van der Waals surface area contributed by atoms with Crippen molar-refractivity contribution in [3.05, 3.63) is 29.8 Å². The van der Waals surface area contributed by atoms with Crippen molar-refractivity contribution in [3.8, 4) is 0 Å². The number of benzene rings is 1. The second-order valence-electron chi connectivity index (χ2n) is 3.34. The number of rotatable bonds is 1. The SMILES string of the molecule is CN1C(=O)C(F)(CO)c2ccccc21. The molecule has 0 aliphatic carbocycles. The number of hydrogen-bond donors (Lipinski definition) is 1. The minimum Gasteiger partial charge on any atom is -0.392 e. The van der Waals surface area contributed by atoms with Crippen molar-refractivity contribution < 1.29 is 14.3 Å². The van der Waals surface area contributed by atoms with Crippen LogP contribution >= 0.6 is 0 Å². The molecule has 0 bridgehead atoms. The Kier molecular flexibility index (Phi) is 1.82. The number of aliphatic hydroxyl groups excluding tert-OH is 1. The molecular formula is C10H10FNO2. The number of aliphatic hydroxyl groups is 1. The molecule has 1 aliphatic rings. The molecule has 1 unspecified atom stereocenters. The number of likely N-dealkylation sites (N-methyl/N-ethyl adjacent to an activating group) is 1. The van der Waals surface area contributed by atoms with Gasteiger partial charge in [0.25, 0.3) is 5.91 Å². The van der Waals surface area contributed by atoms with Gasteiger partial charge in [-0.2, -0.15) is 0 Å². The molecule has 0 aromatic heterocycles. The van der Waals surface area contributed by atoms with Crippen molar-refractivity contribution >= 4 is 11.6 Å². The third-order valence-electron chi connectivity index (χ3n) is 2.55. The maximum Gasteiger partial charge on any atom is 0.271 e. The second-order valence-corrected chi connectivity index (χ2v) is 3.34. The van der Waals surface area contributed by atoms with E-state index in [4.69, 9.17) is 5.11 Å². The van der Waals surface area contributed by atoms with Crippen molar-refractivity contribution in [1.82, 2.24) is 0 Å². The van der Waals surface area contributed by atoms with E-state index in [9.17, 15) is 9.18 Å². The number of hydrogen-bond acceptors (Lipinski definition) is 2. The first-order valence-electron chi connectivity index (χ1n) is 4.28. The zero-order valence-electron chi connectivity index (χ0n) is 7.70. The van der Waals surface area contributed by atoms with Gasteiger partial charge in [-0.15, -0.1) is 0 Å². The van der Waals surface area contributed by atoms with Gasteiger partial charge in [-0.25, -0.2) is 4.39 Å². The smallest absolute Gasteiger partial charge is 0.271 e. The molecule has 74 valence electrons. The van der Waals surface area contributed by atoms with Crippen LogP contribution in [0.3, 0.4) is 0 Å². The lowest BCUT2D eigenvalue weighted by molar-refractivity contribution is -0.131. The summed E-state index contributed by atoms with van der Waals surface area (Å²) in [6.45, 7) is -0.812. The van der Waals surface area contributed by atoms with E-state index < -0.39 is 18.2 Å². The Hall–Kier alpha value is -1.42. The minimum absolute atomic E-state index is 0.245. The molecule has 1 aliphatic heterocycles. The molecule has 0 spiro atoms. The average Bonchev–Trinajstić information content (AvgIpc) is 2.43. The van der Waals surface area contributed by atoms with Gasteiger partial charge in [0, 0.05) is 12.6 Å². The number of nitrogens with zero attached hydrogens (tertiary/aromatic N) is 1. The zero-order valence-corrected chi connectivity index (χ0v) is 7.70. The summed E-state index contributed by atoms with van der Waals surface area (Å²) in [4.78, 5) is 12.7. The number of para-hydroxylation sites is 1. The van der Waals surface area contributed by atoms with Crippen LogP contribution in [0, 0.1) is 0 Å². The zero-order chi connectivity index (χ0) is 10.3. The predicted octanol–water partition coefficient (Wildman–Crippen LogP) is 0.820. The third kappa shape index (κ3) is 0.915. The first-order chi connectivity index (χ1) is 6.61. The van der Waals surface area contributed by atoms with Gasteiger partial charge in [-0.1, -0.05) is 18.2 Å². The van der Waals surface area contributed by atoms with Crippen molar-refractivity contribution in [2.45, 2.75) is 5.67 Å². The van der Waals surface area contributed by atoms with Crippen LogP contribution in [0.1, 0.15) is 5.56 Å². The maximum atomic E-state index is 14.0. The van der Waals surface area contributed by atoms with E-state index in [1.807, 2.05) is 0 Å². The Morgan fingerprint density at radius 2 is 2.14 bits per heavy atom. The van der Waals surface area contributed by atoms with E-state index >= 15 is 0 Å². The Bertz CT molecular complexity index is 393. The summed E-state index contributed by atoms with van der Waals surface area (Å²) in [7, 11) is 1.50. The standard InChI is InChI=1S/C10H10FNO2/c1-12-8-5-3-2-4-7(8)10(11,6-13)9(12)14/h2-5,13H,6H2,1H3. The van der Waals surface area contributed by atoms with Crippen LogP contribution in [0.5, 0.6) is 0 Å². The van der Waals surface area contributed by atoms with Gasteiger partial charge in [-0.05, 0) is 6.07 Å². The number of fused-ring (bicyclic) bond motifs is 1. The Labute approximate surface area is 80.8 Å². The first kappa shape index (κ1) is 9.15. The van der Waals surface area contributed by atoms with Gasteiger partial charge in [0.15, 0.2) is 0 Å². The van der Waals surface area contributed by atoms with Crippen molar-refractivity contribution in [1.29, 1.82) is 0 Å². The average molecular weight is 195 g/mol. The van der Waals surface area contributed by atoms with Crippen molar-refractivity contribution in [3.63, 3.8) is 0 Å². The highest BCUT2D eigenvalue weighted by Gasteiger charge is 2.50. The summed E-state index contributed by atoms with van der Waals surface area (Å²) >= 11 is 0. The Balaban J connectivity index is 2.65. The Morgan fingerprint density at radius 3 is 2.79 bits per heavy atom. The highest BCUT2D eigenvalue weighted by molar-refractivity contribution is 6.06. The molecule has 0 saturated carbocycles. The summed E-state index contributed by atoms with van der Waals surface area (Å²) in [6.07, 6.45) is 0. The summed E-state index contributed by atoms with van der Waals surface area (Å²) in [5.41, 5.74) is -1.49. The third-order valence-corrected chi connectivity index (χ3v) is 2.55. The van der Waals surface area contributed by atoms with Crippen molar-refractivity contribution in [2.75, 3.05) is 18.6 Å². The Morgan fingerprint density at radius 1 is 1.50 bits per heavy atom. The quantitative estimate of drug-likeness (QED) is 0.720. The van der Waals surface area contributed by atoms with Crippen LogP contribution < -0.4 is 4.90 Å². The lowest BCUT2D eigenvalue weighted by Crippen LogP contribution is -2.37. The van der Waals surface area contributed by atoms with E-state index in [-0.39, 0.29) is 5.56 Å². The van der Waals surface area contributed by atoms with Gasteiger partial charge in [0.1, 0.15) is 0 Å². The summed E-state index contributed by atoms with van der Waals surface area (Å²) in [5, 5.41) is 8.94. The van der Waals surface area contributed by atoms with E-state index in [0.717, 1.165) is 0 Å². The minimum atomic E-state index is -2.26. The summed E-state index contributed by atoms with van der Waals surface area (Å²) in [6, 6.07) is 6.55. The summed E-state index contributed by atoms with van der Waals surface area (Å²) < 4.78 is 14.0. The molecule has 1 heterocycles. The van der Waals surface area contributed by atoms with Crippen LogP contribution in [0.4, 0.5) is 10.1 Å². The van der Waals surface area contributed by atoms with Crippen LogP contribution in [0.25, 0.3) is 0 Å². The molecule has 1 aromatic carbocycles. The molecule has 1 atom stereocenters. The number of halogens is 1. The molecule has 1 aromatic rings. The van der Waals surface area contributed by atoms with Crippen LogP contribution in [0.15, 0.2) is 24.3 Å². The number of anilines is 1. The van der Waals surface area contributed by atoms with Crippen LogP contribution in [-0.2, 0) is 10.5 Å². The molecule has 0 fully saturated rings. The molecule has 0 saturated heterocycles. The van der Waals surface area contributed by atoms with Crippen molar-refractivity contribution in [2.24, 2.45) is 0 Å². The van der Waals surface area contributed by atoms with E-state index in [0.29, 0.717) is 5.69 Å². The van der Waals surface area contributed by atoms with E-state index in [2.05, 4.69) is 0 Å². The topological polar surface area (TPSA) is 40.5 Å². The van der Waals surface area contributed by atoms with Gasteiger partial charge < -0.3 is 10.0 Å². The van der Waals surface area contributed by atoms with Crippen LogP contribution in [-0.4, -0.2) is 24.7 Å². The van der Waals surface area contributed by atoms with E-state index in [1.54, 1.807) is 18.2 Å². The predicted molar refractivity (Wildman–Crippen MR) is 49.7 cm³/mol. The number of carbonyl (C=O) groups excluding carboxylic acids is 1. The fourth-order valence-corrected chi connectivity index (χ4v) is 1.74. The largest absolute Gasteiger partial charge is 0.392 e. The molecule has 2 rings (SSSR count). The number of alkyl halides is 1. The lowest BCUT2D eigenvalue weighted by Gasteiger charge is -2.15. The normalized spacial score (nSPS) is 25.4. The van der Waals surface area contributed by atoms with Gasteiger partial charge in [0.2, 0.25) is 5.67 Å². The highest BCUT2D eigenvalue weighted by Crippen LogP contribution is 2.41. The monoisotopic (exact) mass is 195 g/mol. The van der Waals surface area contributed by atoms with Crippen LogP contribution in [0.2, 0.25) is 0 Å². The molecule has 14 heavy (non-hydrogen) atoms. The first-order valence-corrected chi connectivity index (χ1v) is 4.28. The molecule has 1 N–H and O–H groups in total. The number of carbonyl (C=O) groups is 1. The van der Waals surface area contributed by atoms with Gasteiger partial charge in [-0.3, -0.25) is 4.79 Å². The fourth-order valence-electron chi connectivity index (χ4n) is 1.74. The van der Waals surface area contributed by atoms with Gasteiger partial charge in [0.05, 0.1) is 12.3 Å². The second kappa shape index (κ2) is 2.78. The highest BCUT2D eigenvalue weighted by atomic mass is 19.1. The maximum absolute atomic E-state index is 14.0. The summed E-state index contributed by atoms with van der Waals surface area (Å²) in [5.74, 6) is -0.707. The molecule has 3 nitrogen and oxygen atoms in total. The fraction of sp³-hybridized carbons (Fsp3) is 0.300. The van der Waals surface area contributed by atoms with E-state index in [1.165, 1.54) is 18.0 Å². The molecule has 1 amide bonds. The molecule has 4 heteroatoms. The number of amides is 1. The van der Waals surface area contributed by atoms with Gasteiger partial charge >= 0.3 is 0 Å². The molecular weight excluding hydrogens is 185 g/mol. The molecule has 0 radical (unpaired) electrons.